The zero-order valence-corrected chi connectivity index (χ0v) is 15.0. The minimum Gasteiger partial charge on any atom is -0.304 e. The lowest BCUT2D eigenvalue weighted by atomic mass is 10.2. The molecule has 0 unspecified atom stereocenters. The molecule has 0 aliphatic carbocycles. The lowest BCUT2D eigenvalue weighted by Gasteiger charge is -2.14. The zero-order chi connectivity index (χ0) is 19.1. The van der Waals surface area contributed by atoms with Crippen LogP contribution in [0.15, 0.2) is 47.5 Å². The van der Waals surface area contributed by atoms with Crippen molar-refractivity contribution in [2.24, 2.45) is 0 Å². The number of hydrogen-bond donors (Lipinski definition) is 1. The standard InChI is InChI=1S/C16H13ClF3N3O2S/c1-10-22-13(14-4-2-3-7-23(10)14)9-21-26(24,25)15-6-5-11(17)8-12(15)16(18,19)20/h2-8,21H,9H2,1H3. The minimum atomic E-state index is -4.85. The molecule has 1 N–H and O–H groups in total. The number of nitrogens with one attached hydrogen (secondary N) is 1. The highest BCUT2D eigenvalue weighted by atomic mass is 35.5. The Morgan fingerprint density at radius 1 is 1.23 bits per heavy atom. The molecule has 138 valence electrons. The molecule has 2 heterocycles. The molecule has 0 radical (unpaired) electrons. The number of pyridine rings is 1. The van der Waals surface area contributed by atoms with Crippen molar-refractivity contribution in [1.29, 1.82) is 0 Å². The van der Waals surface area contributed by atoms with E-state index in [4.69, 9.17) is 11.6 Å². The van der Waals surface area contributed by atoms with Gasteiger partial charge in [-0.3, -0.25) is 0 Å². The first-order valence-corrected chi connectivity index (χ1v) is 9.25. The van der Waals surface area contributed by atoms with Crippen LogP contribution in [-0.4, -0.2) is 17.8 Å². The van der Waals surface area contributed by atoms with Crippen LogP contribution in [0.4, 0.5) is 13.2 Å². The molecule has 26 heavy (non-hydrogen) atoms. The zero-order valence-electron chi connectivity index (χ0n) is 13.4. The molecule has 10 heteroatoms. The second-order valence-corrected chi connectivity index (χ2v) is 7.70. The van der Waals surface area contributed by atoms with E-state index in [2.05, 4.69) is 9.71 Å². The number of aromatic nitrogens is 2. The summed E-state index contributed by atoms with van der Waals surface area (Å²) in [5.41, 5.74) is -0.238. The molecular weight excluding hydrogens is 391 g/mol. The normalized spacial score (nSPS) is 12.7. The van der Waals surface area contributed by atoms with E-state index in [9.17, 15) is 21.6 Å². The number of nitrogens with zero attached hydrogens (tertiary/aromatic N) is 2. The maximum absolute atomic E-state index is 13.2. The van der Waals surface area contributed by atoms with Crippen LogP contribution in [0.25, 0.3) is 5.52 Å². The number of fused-ring (bicyclic) bond motifs is 1. The summed E-state index contributed by atoms with van der Waals surface area (Å²) in [7, 11) is -4.43. The van der Waals surface area contributed by atoms with Gasteiger partial charge in [-0.05, 0) is 37.3 Å². The summed E-state index contributed by atoms with van der Waals surface area (Å²) in [6.45, 7) is 1.50. The quantitative estimate of drug-likeness (QED) is 0.720. The van der Waals surface area contributed by atoms with Crippen molar-refractivity contribution in [3.8, 4) is 0 Å². The Balaban J connectivity index is 1.95. The first-order valence-electron chi connectivity index (χ1n) is 7.38. The van der Waals surface area contributed by atoms with E-state index < -0.39 is 26.7 Å². The molecular formula is C16H13ClF3N3O2S. The lowest BCUT2D eigenvalue weighted by molar-refractivity contribution is -0.139. The summed E-state index contributed by atoms with van der Waals surface area (Å²) < 4.78 is 68.3. The highest BCUT2D eigenvalue weighted by Crippen LogP contribution is 2.35. The van der Waals surface area contributed by atoms with Crippen molar-refractivity contribution in [1.82, 2.24) is 14.1 Å². The molecule has 0 saturated carbocycles. The third kappa shape index (κ3) is 3.55. The van der Waals surface area contributed by atoms with Crippen LogP contribution in [0.1, 0.15) is 17.1 Å². The Bertz CT molecular complexity index is 1080. The van der Waals surface area contributed by atoms with E-state index in [-0.39, 0.29) is 11.6 Å². The average Bonchev–Trinajstić information content (AvgIpc) is 2.89. The molecule has 3 aromatic rings. The molecule has 0 spiro atoms. The fourth-order valence-electron chi connectivity index (χ4n) is 2.60. The van der Waals surface area contributed by atoms with Gasteiger partial charge in [-0.1, -0.05) is 17.7 Å². The monoisotopic (exact) mass is 403 g/mol. The smallest absolute Gasteiger partial charge is 0.304 e. The number of sulfonamides is 1. The van der Waals surface area contributed by atoms with Gasteiger partial charge in [-0.2, -0.15) is 13.2 Å². The van der Waals surface area contributed by atoms with Gasteiger partial charge in [0.1, 0.15) is 5.82 Å². The summed E-state index contributed by atoms with van der Waals surface area (Å²) in [5, 5.41) is -0.202. The van der Waals surface area contributed by atoms with E-state index in [0.29, 0.717) is 23.1 Å². The van der Waals surface area contributed by atoms with Gasteiger partial charge in [-0.25, -0.2) is 18.1 Å². The first-order chi connectivity index (χ1) is 12.1. The third-order valence-electron chi connectivity index (χ3n) is 3.77. The molecule has 0 fully saturated rings. The number of benzene rings is 1. The van der Waals surface area contributed by atoms with Crippen LogP contribution in [0.3, 0.4) is 0 Å². The van der Waals surface area contributed by atoms with Gasteiger partial charge in [0.05, 0.1) is 28.2 Å². The Labute approximate surface area is 152 Å². The molecule has 0 aliphatic heterocycles. The summed E-state index contributed by atoms with van der Waals surface area (Å²) in [6, 6.07) is 7.82. The fraction of sp³-hybridized carbons (Fsp3) is 0.188. The Kier molecular flexibility index (Phi) is 4.72. The van der Waals surface area contributed by atoms with Crippen LogP contribution >= 0.6 is 11.6 Å². The minimum absolute atomic E-state index is 0.202. The number of hydrogen-bond acceptors (Lipinski definition) is 3. The maximum atomic E-state index is 13.2. The van der Waals surface area contributed by atoms with Crippen molar-refractivity contribution >= 4 is 27.1 Å². The second-order valence-electron chi connectivity index (χ2n) is 5.52. The summed E-state index contributed by atoms with van der Waals surface area (Å²) in [6.07, 6.45) is -3.09. The summed E-state index contributed by atoms with van der Waals surface area (Å²) >= 11 is 5.59. The molecule has 3 rings (SSSR count). The molecule has 0 atom stereocenters. The molecule has 0 bridgehead atoms. The van der Waals surface area contributed by atoms with E-state index in [1.807, 2.05) is 0 Å². The highest BCUT2D eigenvalue weighted by molar-refractivity contribution is 7.89. The summed E-state index contributed by atoms with van der Waals surface area (Å²) in [4.78, 5) is 3.38. The number of rotatable bonds is 4. The van der Waals surface area contributed by atoms with Gasteiger partial charge < -0.3 is 4.40 Å². The largest absolute Gasteiger partial charge is 0.417 e. The predicted molar refractivity (Wildman–Crippen MR) is 90.4 cm³/mol. The van der Waals surface area contributed by atoms with Crippen LogP contribution in [-0.2, 0) is 22.7 Å². The number of halogens is 4. The van der Waals surface area contributed by atoms with Gasteiger partial charge in [0.25, 0.3) is 0 Å². The van der Waals surface area contributed by atoms with Crippen LogP contribution < -0.4 is 4.72 Å². The van der Waals surface area contributed by atoms with Crippen molar-refractivity contribution in [3.63, 3.8) is 0 Å². The van der Waals surface area contributed by atoms with Crippen molar-refractivity contribution in [3.05, 3.63) is 64.7 Å². The number of imidazole rings is 1. The lowest BCUT2D eigenvalue weighted by Crippen LogP contribution is -2.26. The molecule has 0 saturated heterocycles. The molecule has 1 aromatic carbocycles. The second kappa shape index (κ2) is 6.57. The average molecular weight is 404 g/mol. The van der Waals surface area contributed by atoms with Gasteiger partial charge in [-0.15, -0.1) is 0 Å². The van der Waals surface area contributed by atoms with Crippen molar-refractivity contribution in [2.45, 2.75) is 24.5 Å². The van der Waals surface area contributed by atoms with E-state index in [1.165, 1.54) is 0 Å². The van der Waals surface area contributed by atoms with E-state index in [1.54, 1.807) is 35.7 Å². The van der Waals surface area contributed by atoms with Gasteiger partial charge >= 0.3 is 6.18 Å². The highest BCUT2D eigenvalue weighted by Gasteiger charge is 2.37. The van der Waals surface area contributed by atoms with Crippen LogP contribution in [0.5, 0.6) is 0 Å². The van der Waals surface area contributed by atoms with Crippen LogP contribution in [0, 0.1) is 6.92 Å². The molecule has 0 amide bonds. The fourth-order valence-corrected chi connectivity index (χ4v) is 3.96. The SMILES string of the molecule is Cc1nc(CNS(=O)(=O)c2ccc(Cl)cc2C(F)(F)F)c2ccccn12. The maximum Gasteiger partial charge on any atom is 0.417 e. The topological polar surface area (TPSA) is 63.5 Å². The van der Waals surface area contributed by atoms with E-state index in [0.717, 1.165) is 12.1 Å². The van der Waals surface area contributed by atoms with Crippen molar-refractivity contribution < 1.29 is 21.6 Å². The molecule has 2 aromatic heterocycles. The van der Waals surface area contributed by atoms with Crippen LogP contribution in [0.2, 0.25) is 5.02 Å². The van der Waals surface area contributed by atoms with Gasteiger partial charge in [0, 0.05) is 11.2 Å². The Hall–Kier alpha value is -2.10. The first kappa shape index (κ1) is 18.7. The summed E-state index contributed by atoms with van der Waals surface area (Å²) in [5.74, 6) is 0.636. The third-order valence-corrected chi connectivity index (χ3v) is 5.46. The van der Waals surface area contributed by atoms with Gasteiger partial charge in [0.2, 0.25) is 10.0 Å². The van der Waals surface area contributed by atoms with E-state index >= 15 is 0 Å². The predicted octanol–water partition coefficient (Wildman–Crippen LogP) is 3.79. The van der Waals surface area contributed by atoms with Gasteiger partial charge in [0.15, 0.2) is 0 Å². The molecule has 5 nitrogen and oxygen atoms in total. The number of aryl methyl sites for hydroxylation is 1. The Morgan fingerprint density at radius 3 is 2.65 bits per heavy atom. The van der Waals surface area contributed by atoms with Crippen molar-refractivity contribution in [2.75, 3.05) is 0 Å². The number of alkyl halides is 3. The molecule has 0 aliphatic rings. The Morgan fingerprint density at radius 2 is 1.96 bits per heavy atom.